The molecular weight excluding hydrogens is 326 g/mol. The van der Waals surface area contributed by atoms with Gasteiger partial charge >= 0.3 is 0 Å². The van der Waals surface area contributed by atoms with Crippen LogP contribution in [-0.4, -0.2) is 35.8 Å². The Bertz CT molecular complexity index is 593. The van der Waals surface area contributed by atoms with Crippen LogP contribution in [0.25, 0.3) is 0 Å². The second-order valence-corrected chi connectivity index (χ2v) is 6.58. The minimum atomic E-state index is -0.168. The fraction of sp³-hybridized carbons (Fsp3) is 0.556. The standard InChI is InChI=1S/C18H25N3O2.ClH/c19-18-14-8-5-4-7-13(14)11-15(18)20-16(22)12-21-10-6-2-1-3-9-17(21)23;/h4-5,7-8,15,18H,1-3,6,9-12,19H2,(H,20,22);1H/t15-,18-;/m1./s1. The molecule has 1 fully saturated rings. The van der Waals surface area contributed by atoms with Crippen LogP contribution in [0.4, 0.5) is 0 Å². The molecule has 1 aliphatic carbocycles. The zero-order chi connectivity index (χ0) is 16.2. The van der Waals surface area contributed by atoms with E-state index in [-0.39, 0.29) is 42.8 Å². The molecule has 0 spiro atoms. The minimum absolute atomic E-state index is 0. The van der Waals surface area contributed by atoms with Gasteiger partial charge in [-0.1, -0.05) is 37.1 Å². The van der Waals surface area contributed by atoms with Crippen LogP contribution in [-0.2, 0) is 16.0 Å². The summed E-state index contributed by atoms with van der Waals surface area (Å²) in [4.78, 5) is 26.1. The van der Waals surface area contributed by atoms with Crippen molar-refractivity contribution >= 4 is 24.2 Å². The molecule has 0 aromatic heterocycles. The molecule has 132 valence electrons. The highest BCUT2D eigenvalue weighted by atomic mass is 35.5. The summed E-state index contributed by atoms with van der Waals surface area (Å²) in [5, 5.41) is 3.02. The van der Waals surface area contributed by atoms with Gasteiger partial charge in [0.15, 0.2) is 0 Å². The van der Waals surface area contributed by atoms with Crippen LogP contribution < -0.4 is 11.1 Å². The van der Waals surface area contributed by atoms with Crippen LogP contribution in [0.15, 0.2) is 24.3 Å². The number of nitrogens with zero attached hydrogens (tertiary/aromatic N) is 1. The third-order valence-corrected chi connectivity index (χ3v) is 4.89. The Hall–Kier alpha value is -1.59. The molecule has 6 heteroatoms. The molecule has 3 rings (SSSR count). The molecule has 0 bridgehead atoms. The van der Waals surface area contributed by atoms with Gasteiger partial charge in [0.2, 0.25) is 11.8 Å². The van der Waals surface area contributed by atoms with Gasteiger partial charge < -0.3 is 16.0 Å². The monoisotopic (exact) mass is 351 g/mol. The number of amides is 2. The van der Waals surface area contributed by atoms with Gasteiger partial charge in [-0.25, -0.2) is 0 Å². The summed E-state index contributed by atoms with van der Waals surface area (Å²) in [7, 11) is 0. The lowest BCUT2D eigenvalue weighted by molar-refractivity contribution is -0.136. The first-order chi connectivity index (χ1) is 11.1. The van der Waals surface area contributed by atoms with Gasteiger partial charge in [-0.2, -0.15) is 0 Å². The lowest BCUT2D eigenvalue weighted by Crippen LogP contribution is -2.47. The van der Waals surface area contributed by atoms with Crippen molar-refractivity contribution in [1.82, 2.24) is 10.2 Å². The van der Waals surface area contributed by atoms with E-state index < -0.39 is 0 Å². The van der Waals surface area contributed by atoms with E-state index in [2.05, 4.69) is 11.4 Å². The molecule has 0 saturated carbocycles. The van der Waals surface area contributed by atoms with Crippen molar-refractivity contribution in [3.05, 3.63) is 35.4 Å². The first-order valence-corrected chi connectivity index (χ1v) is 8.55. The summed E-state index contributed by atoms with van der Waals surface area (Å²) >= 11 is 0. The van der Waals surface area contributed by atoms with E-state index >= 15 is 0 Å². The van der Waals surface area contributed by atoms with Gasteiger partial charge in [-0.15, -0.1) is 12.4 Å². The van der Waals surface area contributed by atoms with Crippen LogP contribution in [0.5, 0.6) is 0 Å². The Balaban J connectivity index is 0.00000208. The van der Waals surface area contributed by atoms with Crippen LogP contribution in [0.2, 0.25) is 0 Å². The zero-order valence-corrected chi connectivity index (χ0v) is 14.7. The number of halogens is 1. The van der Waals surface area contributed by atoms with Crippen LogP contribution in [0.1, 0.15) is 49.3 Å². The van der Waals surface area contributed by atoms with Crippen LogP contribution >= 0.6 is 12.4 Å². The summed E-state index contributed by atoms with van der Waals surface area (Å²) in [6, 6.07) is 7.80. The Morgan fingerprint density at radius 3 is 2.75 bits per heavy atom. The number of rotatable bonds is 3. The van der Waals surface area contributed by atoms with Crippen molar-refractivity contribution < 1.29 is 9.59 Å². The first kappa shape index (κ1) is 18.7. The first-order valence-electron chi connectivity index (χ1n) is 8.55. The highest BCUT2D eigenvalue weighted by Crippen LogP contribution is 2.29. The number of fused-ring (bicyclic) bond motifs is 1. The normalized spacial score (nSPS) is 23.7. The van der Waals surface area contributed by atoms with E-state index in [4.69, 9.17) is 5.73 Å². The summed E-state index contributed by atoms with van der Waals surface area (Å²) in [6.07, 6.45) is 5.47. The third-order valence-electron chi connectivity index (χ3n) is 4.89. The fourth-order valence-electron chi connectivity index (χ4n) is 3.57. The van der Waals surface area contributed by atoms with Gasteiger partial charge in [0.25, 0.3) is 0 Å². The number of carbonyl (C=O) groups excluding carboxylic acids is 2. The second-order valence-electron chi connectivity index (χ2n) is 6.58. The molecule has 0 radical (unpaired) electrons. The Kier molecular flexibility index (Phi) is 6.63. The molecule has 1 aromatic rings. The van der Waals surface area contributed by atoms with E-state index in [0.29, 0.717) is 13.0 Å². The number of hydrogen-bond acceptors (Lipinski definition) is 3. The third kappa shape index (κ3) is 4.28. The summed E-state index contributed by atoms with van der Waals surface area (Å²) in [5.41, 5.74) is 8.56. The molecule has 2 amide bonds. The van der Waals surface area contributed by atoms with E-state index in [1.54, 1.807) is 4.90 Å². The smallest absolute Gasteiger partial charge is 0.239 e. The topological polar surface area (TPSA) is 75.4 Å². The predicted molar refractivity (Wildman–Crippen MR) is 95.9 cm³/mol. The maximum absolute atomic E-state index is 12.3. The number of likely N-dealkylation sites (tertiary alicyclic amines) is 1. The van der Waals surface area contributed by atoms with Gasteiger partial charge in [-0.3, -0.25) is 9.59 Å². The maximum atomic E-state index is 12.3. The average molecular weight is 352 g/mol. The van der Waals surface area contributed by atoms with Crippen LogP contribution in [0.3, 0.4) is 0 Å². The number of hydrogen-bond donors (Lipinski definition) is 2. The summed E-state index contributed by atoms with van der Waals surface area (Å²) in [6.45, 7) is 0.835. The second kappa shape index (κ2) is 8.49. The van der Waals surface area contributed by atoms with Crippen molar-refractivity contribution in [3.63, 3.8) is 0 Å². The van der Waals surface area contributed by atoms with E-state index in [1.807, 2.05) is 18.2 Å². The van der Waals surface area contributed by atoms with Crippen molar-refractivity contribution in [1.29, 1.82) is 0 Å². The molecule has 1 heterocycles. The lowest BCUT2D eigenvalue weighted by Gasteiger charge is -2.26. The molecule has 0 unspecified atom stereocenters. The predicted octanol–water partition coefficient (Wildman–Crippen LogP) is 1.94. The minimum Gasteiger partial charge on any atom is -0.350 e. The average Bonchev–Trinajstić information content (AvgIpc) is 2.84. The molecule has 1 aromatic carbocycles. The van der Waals surface area contributed by atoms with Gasteiger partial charge in [0, 0.05) is 13.0 Å². The van der Waals surface area contributed by atoms with Crippen molar-refractivity contribution in [3.8, 4) is 0 Å². The van der Waals surface area contributed by atoms with Crippen molar-refractivity contribution in [2.75, 3.05) is 13.1 Å². The highest BCUT2D eigenvalue weighted by molar-refractivity contribution is 5.85. The fourth-order valence-corrected chi connectivity index (χ4v) is 3.57. The number of benzene rings is 1. The largest absolute Gasteiger partial charge is 0.350 e. The van der Waals surface area contributed by atoms with Crippen molar-refractivity contribution in [2.24, 2.45) is 5.73 Å². The number of nitrogens with one attached hydrogen (secondary N) is 1. The molecule has 1 saturated heterocycles. The molecule has 1 aliphatic heterocycles. The lowest BCUT2D eigenvalue weighted by atomic mass is 10.1. The molecular formula is C18H26ClN3O2. The molecule has 5 nitrogen and oxygen atoms in total. The van der Waals surface area contributed by atoms with E-state index in [9.17, 15) is 9.59 Å². The van der Waals surface area contributed by atoms with Crippen molar-refractivity contribution in [2.45, 2.75) is 50.6 Å². The Morgan fingerprint density at radius 2 is 1.96 bits per heavy atom. The summed E-state index contributed by atoms with van der Waals surface area (Å²) < 4.78 is 0. The van der Waals surface area contributed by atoms with Gasteiger partial charge in [0.05, 0.1) is 18.6 Å². The van der Waals surface area contributed by atoms with E-state index in [0.717, 1.165) is 37.7 Å². The Morgan fingerprint density at radius 1 is 1.21 bits per heavy atom. The molecule has 3 N–H and O–H groups in total. The Labute approximate surface area is 149 Å². The van der Waals surface area contributed by atoms with Gasteiger partial charge in [0.1, 0.15) is 0 Å². The van der Waals surface area contributed by atoms with E-state index in [1.165, 1.54) is 5.56 Å². The molecule has 2 atom stereocenters. The molecule has 24 heavy (non-hydrogen) atoms. The van der Waals surface area contributed by atoms with Crippen LogP contribution in [0, 0.1) is 0 Å². The number of carbonyl (C=O) groups is 2. The summed E-state index contributed by atoms with van der Waals surface area (Å²) in [5.74, 6) is -0.00830. The number of nitrogens with two attached hydrogens (primary N) is 1. The highest BCUT2D eigenvalue weighted by Gasteiger charge is 2.31. The SMILES string of the molecule is Cl.N[C@@H]1c2ccccc2C[C@H]1NC(=O)CN1CCCCCCC1=O. The maximum Gasteiger partial charge on any atom is 0.239 e. The van der Waals surface area contributed by atoms with Gasteiger partial charge in [-0.05, 0) is 30.4 Å². The zero-order valence-electron chi connectivity index (χ0n) is 13.9. The molecule has 2 aliphatic rings. The quantitative estimate of drug-likeness (QED) is 0.873.